The van der Waals surface area contributed by atoms with Crippen LogP contribution in [0.15, 0.2) is 23.6 Å². The van der Waals surface area contributed by atoms with Crippen LogP contribution in [0.3, 0.4) is 0 Å². The lowest BCUT2D eigenvalue weighted by molar-refractivity contribution is 0.0342. The molecule has 0 unspecified atom stereocenters. The van der Waals surface area contributed by atoms with E-state index in [1.54, 1.807) is 38.2 Å². The molecule has 0 bridgehead atoms. The summed E-state index contributed by atoms with van der Waals surface area (Å²) in [4.78, 5) is 4.37. The molecule has 0 spiro atoms. The number of ether oxygens (including phenoxy) is 1. The zero-order valence-electron chi connectivity index (χ0n) is 16.6. The van der Waals surface area contributed by atoms with Crippen molar-refractivity contribution in [2.75, 3.05) is 18.9 Å². The van der Waals surface area contributed by atoms with E-state index in [1.807, 2.05) is 17.5 Å². The van der Waals surface area contributed by atoms with E-state index in [-0.39, 0.29) is 18.2 Å². The predicted octanol–water partition coefficient (Wildman–Crippen LogP) is 3.60. The zero-order chi connectivity index (χ0) is 19.8. The van der Waals surface area contributed by atoms with Crippen molar-refractivity contribution in [3.63, 3.8) is 0 Å². The number of anilines is 1. The van der Waals surface area contributed by atoms with Gasteiger partial charge in [-0.3, -0.25) is 0 Å². The average molecular weight is 347 g/mol. The van der Waals surface area contributed by atoms with Crippen LogP contribution in [0.4, 0.5) is 5.95 Å². The van der Waals surface area contributed by atoms with Crippen LogP contribution in [0, 0.1) is 6.92 Å². The van der Waals surface area contributed by atoms with Crippen molar-refractivity contribution in [2.24, 2.45) is 0 Å². The Bertz CT molecular complexity index is 972. The highest BCUT2D eigenvalue weighted by Crippen LogP contribution is 2.37. The number of aromatic nitrogens is 3. The van der Waals surface area contributed by atoms with Gasteiger partial charge in [0.15, 0.2) is 0 Å². The molecule has 0 fully saturated rings. The van der Waals surface area contributed by atoms with Gasteiger partial charge in [-0.2, -0.15) is 0 Å². The fourth-order valence-corrected chi connectivity index (χ4v) is 3.06. The third kappa shape index (κ3) is 3.18. The average Bonchev–Trinajstić information content (AvgIpc) is 3.01. The number of methoxy groups -OCH3 is 1. The highest BCUT2D eigenvalue weighted by Gasteiger charge is 2.18. The third-order valence-electron chi connectivity index (χ3n) is 3.67. The smallest absolute Gasteiger partial charge is 0.243 e. The van der Waals surface area contributed by atoms with Gasteiger partial charge >= 0.3 is 0 Å². The van der Waals surface area contributed by atoms with Crippen LogP contribution in [0.5, 0.6) is 5.75 Å². The minimum absolute atomic E-state index is 0.154. The van der Waals surface area contributed by atoms with Crippen LogP contribution in [0.2, 0.25) is 0 Å². The third-order valence-corrected chi connectivity index (χ3v) is 4.55. The van der Waals surface area contributed by atoms with Gasteiger partial charge in [0, 0.05) is 29.2 Å². The Morgan fingerprint density at radius 1 is 1.33 bits per heavy atom. The van der Waals surface area contributed by atoms with Crippen molar-refractivity contribution in [3.05, 3.63) is 29.3 Å². The molecule has 0 amide bonds. The number of thiophene rings is 1. The van der Waals surface area contributed by atoms with Crippen molar-refractivity contribution in [2.45, 2.75) is 26.4 Å². The van der Waals surface area contributed by atoms with Crippen molar-refractivity contribution in [3.8, 4) is 17.0 Å². The van der Waals surface area contributed by atoms with Crippen molar-refractivity contribution in [1.29, 1.82) is 0 Å². The monoisotopic (exact) mass is 347 g/mol. The molecule has 7 heteroatoms. The Labute approximate surface area is 148 Å². The molecule has 0 saturated carbocycles. The summed E-state index contributed by atoms with van der Waals surface area (Å²) in [6.07, 6.45) is 0. The molecule has 126 valence electrons. The van der Waals surface area contributed by atoms with E-state index in [4.69, 9.17) is 8.85 Å². The number of rotatable bonds is 5. The molecule has 24 heavy (non-hydrogen) atoms. The molecule has 2 heterocycles. The molecule has 6 nitrogen and oxygen atoms in total. The first-order valence-corrected chi connectivity index (χ1v) is 8.29. The minimum Gasteiger partial charge on any atom is -0.507 e. The van der Waals surface area contributed by atoms with E-state index >= 15 is 0 Å². The summed E-state index contributed by atoms with van der Waals surface area (Å²) in [6.45, 7) is 5.29. The number of phenolic OH excluding ortho intramolecular Hbond substituents is 1. The predicted molar refractivity (Wildman–Crippen MR) is 96.6 cm³/mol. The van der Waals surface area contributed by atoms with Crippen LogP contribution in [0.1, 0.15) is 23.7 Å². The molecule has 0 aliphatic carbocycles. The Balaban J connectivity index is 1.80. The quantitative estimate of drug-likeness (QED) is 0.734. The summed E-state index contributed by atoms with van der Waals surface area (Å²) in [6, 6.07) is 5.59. The first-order valence-electron chi connectivity index (χ1n) is 8.91. The molecular formula is C17H20N4O2S. The van der Waals surface area contributed by atoms with Gasteiger partial charge in [0.2, 0.25) is 5.95 Å². The van der Waals surface area contributed by atoms with E-state index in [0.29, 0.717) is 17.0 Å². The summed E-state index contributed by atoms with van der Waals surface area (Å²) >= 11 is 1.55. The summed E-state index contributed by atoms with van der Waals surface area (Å²) in [5.41, 5.74) is 0.704. The second-order valence-electron chi connectivity index (χ2n) is 6.08. The number of benzene rings is 1. The SMILES string of the molecule is [2H]C([2H])([2H])OC(C)(C)CNc1nnc(-c2ccc3sccc3c2O)c(C)n1. The first kappa shape index (κ1) is 13.1. The van der Waals surface area contributed by atoms with E-state index in [2.05, 4.69) is 20.5 Å². The van der Waals surface area contributed by atoms with Gasteiger partial charge < -0.3 is 15.2 Å². The highest BCUT2D eigenvalue weighted by atomic mass is 32.1. The van der Waals surface area contributed by atoms with E-state index in [0.717, 1.165) is 10.1 Å². The lowest BCUT2D eigenvalue weighted by Crippen LogP contribution is -2.32. The number of aryl methyl sites for hydroxylation is 1. The van der Waals surface area contributed by atoms with Crippen molar-refractivity contribution < 1.29 is 14.0 Å². The van der Waals surface area contributed by atoms with Crippen LogP contribution < -0.4 is 5.32 Å². The largest absolute Gasteiger partial charge is 0.507 e. The summed E-state index contributed by atoms with van der Waals surface area (Å²) in [5.74, 6) is 0.412. The van der Waals surface area contributed by atoms with Crippen molar-refractivity contribution >= 4 is 27.4 Å². The first-order chi connectivity index (χ1) is 12.6. The topological polar surface area (TPSA) is 80.2 Å². The maximum Gasteiger partial charge on any atom is 0.243 e. The van der Waals surface area contributed by atoms with Gasteiger partial charge in [-0.25, -0.2) is 4.98 Å². The van der Waals surface area contributed by atoms with Gasteiger partial charge in [0.25, 0.3) is 0 Å². The van der Waals surface area contributed by atoms with Crippen LogP contribution in [-0.4, -0.2) is 39.5 Å². The Morgan fingerprint density at radius 2 is 2.17 bits per heavy atom. The summed E-state index contributed by atoms with van der Waals surface area (Å²) in [7, 11) is -2.48. The second-order valence-corrected chi connectivity index (χ2v) is 7.03. The molecule has 2 N–H and O–H groups in total. The molecule has 2 aromatic heterocycles. The molecule has 0 radical (unpaired) electrons. The standard InChI is InChI=1S/C17H20N4O2S/c1-10-14(12-5-6-13-11(15(12)22)7-8-24-13)20-21-16(19-10)18-9-17(2,3)23-4/h5-8,22H,9H2,1-4H3,(H,18,19,21)/i4D3. The van der Waals surface area contributed by atoms with E-state index < -0.39 is 12.6 Å². The van der Waals surface area contributed by atoms with Gasteiger partial charge in [0.1, 0.15) is 11.4 Å². The van der Waals surface area contributed by atoms with E-state index in [1.165, 1.54) is 0 Å². The number of nitrogens with one attached hydrogen (secondary N) is 1. The second kappa shape index (κ2) is 6.33. The maximum atomic E-state index is 10.5. The lowest BCUT2D eigenvalue weighted by atomic mass is 10.1. The molecule has 0 atom stereocenters. The molecular weight excluding hydrogens is 324 g/mol. The fourth-order valence-electron chi connectivity index (χ4n) is 2.28. The summed E-state index contributed by atoms with van der Waals surface area (Å²) in [5, 5.41) is 24.4. The maximum absolute atomic E-state index is 10.5. The van der Waals surface area contributed by atoms with Crippen LogP contribution >= 0.6 is 11.3 Å². The Hall–Kier alpha value is -2.25. The number of aromatic hydroxyl groups is 1. The molecule has 0 aliphatic rings. The number of hydrogen-bond acceptors (Lipinski definition) is 7. The molecule has 1 aromatic carbocycles. The number of nitrogens with zero attached hydrogens (tertiary/aromatic N) is 3. The van der Waals surface area contributed by atoms with Crippen molar-refractivity contribution in [1.82, 2.24) is 15.2 Å². The number of hydrogen-bond donors (Lipinski definition) is 2. The molecule has 3 rings (SSSR count). The fraction of sp³-hybridized carbons (Fsp3) is 0.353. The Morgan fingerprint density at radius 3 is 2.92 bits per heavy atom. The molecule has 0 saturated heterocycles. The summed E-state index contributed by atoms with van der Waals surface area (Å²) < 4.78 is 27.7. The number of phenols is 1. The molecule has 0 aliphatic heterocycles. The zero-order valence-corrected chi connectivity index (χ0v) is 14.4. The lowest BCUT2D eigenvalue weighted by Gasteiger charge is -2.23. The van der Waals surface area contributed by atoms with Crippen LogP contribution in [-0.2, 0) is 4.74 Å². The van der Waals surface area contributed by atoms with Gasteiger partial charge in [-0.1, -0.05) is 0 Å². The van der Waals surface area contributed by atoms with E-state index in [9.17, 15) is 5.11 Å². The van der Waals surface area contributed by atoms with Gasteiger partial charge in [0.05, 0.1) is 15.4 Å². The highest BCUT2D eigenvalue weighted by molar-refractivity contribution is 7.17. The Kier molecular flexibility index (Phi) is 3.45. The van der Waals surface area contributed by atoms with Gasteiger partial charge in [-0.15, -0.1) is 21.5 Å². The van der Waals surface area contributed by atoms with Crippen LogP contribution in [0.25, 0.3) is 21.3 Å². The normalized spacial score (nSPS) is 14.2. The van der Waals surface area contributed by atoms with Gasteiger partial charge in [-0.05, 0) is 44.4 Å². The number of fused-ring (bicyclic) bond motifs is 1. The molecule has 3 aromatic rings. The minimum atomic E-state index is -2.48.